The van der Waals surface area contributed by atoms with E-state index in [0.29, 0.717) is 28.3 Å². The Morgan fingerprint density at radius 2 is 2.00 bits per heavy atom. The molecule has 0 aliphatic carbocycles. The molecule has 0 saturated carbocycles. The summed E-state index contributed by atoms with van der Waals surface area (Å²) < 4.78 is 5.75. The minimum atomic E-state index is -0.848. The van der Waals surface area contributed by atoms with Crippen LogP contribution in [0, 0.1) is 6.92 Å². The highest BCUT2D eigenvalue weighted by molar-refractivity contribution is 6.52. The molecule has 6 nitrogen and oxygen atoms in total. The number of hydrogen-bond donors (Lipinski definition) is 1. The number of aryl methyl sites for hydroxylation is 1. The molecule has 2 atom stereocenters. The molecule has 1 saturated heterocycles. The molecule has 0 radical (unpaired) electrons. The molecule has 3 aromatic rings. The van der Waals surface area contributed by atoms with E-state index in [1.54, 1.807) is 54.9 Å². The number of amides is 1. The second-order valence-electron chi connectivity index (χ2n) is 8.34. The van der Waals surface area contributed by atoms with Gasteiger partial charge in [-0.15, -0.1) is 0 Å². The number of anilines is 1. The molecule has 0 bridgehead atoms. The summed E-state index contributed by atoms with van der Waals surface area (Å²) in [5.74, 6) is -0.954. The monoisotopic (exact) mass is 460 g/mol. The molecule has 2 unspecified atom stereocenters. The second-order valence-corrected chi connectivity index (χ2v) is 8.78. The van der Waals surface area contributed by atoms with Gasteiger partial charge >= 0.3 is 0 Å². The summed E-state index contributed by atoms with van der Waals surface area (Å²) in [5.41, 5.74) is 3.31. The Hall–Kier alpha value is -3.64. The normalized spacial score (nSPS) is 21.2. The minimum Gasteiger partial charge on any atom is -0.507 e. The number of aliphatic hydroxyl groups excluding tert-OH is 1. The van der Waals surface area contributed by atoms with Crippen LogP contribution in [0.3, 0.4) is 0 Å². The zero-order valence-electron chi connectivity index (χ0n) is 18.1. The van der Waals surface area contributed by atoms with Crippen LogP contribution in [-0.4, -0.2) is 27.9 Å². The van der Waals surface area contributed by atoms with Gasteiger partial charge in [0, 0.05) is 35.1 Å². The van der Waals surface area contributed by atoms with Gasteiger partial charge in [0.25, 0.3) is 11.7 Å². The van der Waals surface area contributed by atoms with Crippen molar-refractivity contribution in [3.8, 4) is 5.75 Å². The van der Waals surface area contributed by atoms with Gasteiger partial charge < -0.3 is 9.84 Å². The van der Waals surface area contributed by atoms with Crippen LogP contribution in [0.2, 0.25) is 5.02 Å². The number of hydrogen-bond acceptors (Lipinski definition) is 5. The van der Waals surface area contributed by atoms with E-state index < -0.39 is 17.7 Å². The van der Waals surface area contributed by atoms with E-state index in [2.05, 4.69) is 4.98 Å². The summed E-state index contributed by atoms with van der Waals surface area (Å²) in [6, 6.07) is 13.1. The molecule has 33 heavy (non-hydrogen) atoms. The molecule has 1 fully saturated rings. The van der Waals surface area contributed by atoms with E-state index in [0.717, 1.165) is 16.9 Å². The van der Waals surface area contributed by atoms with Crippen molar-refractivity contribution < 1.29 is 19.4 Å². The van der Waals surface area contributed by atoms with E-state index >= 15 is 0 Å². The van der Waals surface area contributed by atoms with E-state index in [-0.39, 0.29) is 17.4 Å². The van der Waals surface area contributed by atoms with E-state index in [9.17, 15) is 14.7 Å². The van der Waals surface area contributed by atoms with E-state index in [4.69, 9.17) is 16.3 Å². The molecule has 0 spiro atoms. The van der Waals surface area contributed by atoms with Gasteiger partial charge in [-0.3, -0.25) is 19.5 Å². The average Bonchev–Trinajstić information content (AvgIpc) is 3.31. The molecule has 166 valence electrons. The maximum atomic E-state index is 13.3. The number of carbonyl (C=O) groups excluding carboxylic acids is 2. The van der Waals surface area contributed by atoms with Crippen LogP contribution in [0.4, 0.5) is 5.69 Å². The Labute approximate surface area is 196 Å². The van der Waals surface area contributed by atoms with Gasteiger partial charge in [-0.25, -0.2) is 0 Å². The number of ketones is 1. The van der Waals surface area contributed by atoms with Gasteiger partial charge in [0.15, 0.2) is 0 Å². The largest absolute Gasteiger partial charge is 0.507 e. The quantitative estimate of drug-likeness (QED) is 0.338. The average molecular weight is 461 g/mol. The predicted octanol–water partition coefficient (Wildman–Crippen LogP) is 4.99. The number of Topliss-reactive ketones (excluding diaryl/α,β-unsaturated/α-hetero) is 1. The molecule has 1 aromatic heterocycles. The van der Waals surface area contributed by atoms with E-state index in [1.165, 1.54) is 4.90 Å². The summed E-state index contributed by atoms with van der Waals surface area (Å²) in [6.07, 6.45) is 3.96. The van der Waals surface area contributed by atoms with Gasteiger partial charge in [-0.05, 0) is 66.9 Å². The highest BCUT2D eigenvalue weighted by atomic mass is 35.5. The number of pyridine rings is 1. The second kappa shape index (κ2) is 8.05. The molecule has 5 rings (SSSR count). The van der Waals surface area contributed by atoms with Crippen molar-refractivity contribution >= 4 is 34.7 Å². The summed E-state index contributed by atoms with van der Waals surface area (Å²) in [5, 5.41) is 11.8. The number of rotatable bonds is 3. The first kappa shape index (κ1) is 21.2. The lowest BCUT2D eigenvalue weighted by Gasteiger charge is -2.26. The maximum absolute atomic E-state index is 13.3. The predicted molar refractivity (Wildman–Crippen MR) is 125 cm³/mol. The summed E-state index contributed by atoms with van der Waals surface area (Å²) in [7, 11) is 0. The van der Waals surface area contributed by atoms with Crippen LogP contribution in [0.5, 0.6) is 5.75 Å². The Morgan fingerprint density at radius 3 is 2.76 bits per heavy atom. The smallest absolute Gasteiger partial charge is 0.300 e. The minimum absolute atomic E-state index is 0.0132. The molecular weight excluding hydrogens is 440 g/mol. The van der Waals surface area contributed by atoms with Crippen LogP contribution < -0.4 is 9.64 Å². The Bertz CT molecular complexity index is 1320. The summed E-state index contributed by atoms with van der Waals surface area (Å²) in [4.78, 5) is 32.1. The van der Waals surface area contributed by atoms with Gasteiger partial charge in [-0.1, -0.05) is 23.7 Å². The first-order valence-corrected chi connectivity index (χ1v) is 11.0. The first-order valence-electron chi connectivity index (χ1n) is 10.6. The van der Waals surface area contributed by atoms with Crippen molar-refractivity contribution in [2.24, 2.45) is 0 Å². The molecule has 1 amide bonds. The van der Waals surface area contributed by atoms with Gasteiger partial charge in [0.05, 0.1) is 11.6 Å². The van der Waals surface area contributed by atoms with Crippen molar-refractivity contribution in [3.05, 3.63) is 93.8 Å². The van der Waals surface area contributed by atoms with Crippen molar-refractivity contribution in [1.82, 2.24) is 4.98 Å². The Morgan fingerprint density at radius 1 is 1.18 bits per heavy atom. The van der Waals surface area contributed by atoms with Gasteiger partial charge in [0.2, 0.25) is 0 Å². The molecule has 1 N–H and O–H groups in total. The summed E-state index contributed by atoms with van der Waals surface area (Å²) >= 11 is 6.23. The topological polar surface area (TPSA) is 79.7 Å². The lowest BCUT2D eigenvalue weighted by Crippen LogP contribution is -2.30. The Balaban J connectivity index is 1.71. The van der Waals surface area contributed by atoms with Crippen molar-refractivity contribution in [3.63, 3.8) is 0 Å². The van der Waals surface area contributed by atoms with Crippen molar-refractivity contribution in [1.29, 1.82) is 0 Å². The molecule has 3 heterocycles. The third-order valence-corrected chi connectivity index (χ3v) is 6.28. The van der Waals surface area contributed by atoms with Gasteiger partial charge in [0.1, 0.15) is 17.6 Å². The number of aromatic nitrogens is 1. The summed E-state index contributed by atoms with van der Waals surface area (Å²) in [6.45, 7) is 3.81. The standard InChI is InChI=1S/C26H21ClN2O4/c1-14-5-7-19(27)12-20(14)29-23(17-4-3-9-28-13-17)22(25(31)26(29)32)24(30)16-6-8-21-18(11-16)10-15(2)33-21/h3-9,11-13,15,23,30H,10H2,1-2H3/b24-22-. The number of carbonyl (C=O) groups is 2. The lowest BCUT2D eigenvalue weighted by molar-refractivity contribution is -0.132. The molecule has 2 aliphatic rings. The van der Waals surface area contributed by atoms with Crippen LogP contribution in [-0.2, 0) is 16.0 Å². The van der Waals surface area contributed by atoms with Crippen LogP contribution >= 0.6 is 11.6 Å². The molecule has 7 heteroatoms. The number of fused-ring (bicyclic) bond motifs is 1. The number of ether oxygens (including phenoxy) is 1. The van der Waals surface area contributed by atoms with E-state index in [1.807, 2.05) is 19.9 Å². The Kier molecular flexibility index (Phi) is 5.17. The number of halogens is 1. The molecule has 2 aliphatic heterocycles. The number of benzene rings is 2. The zero-order valence-corrected chi connectivity index (χ0v) is 18.8. The van der Waals surface area contributed by atoms with Crippen LogP contribution in [0.15, 0.2) is 66.5 Å². The fourth-order valence-corrected chi connectivity index (χ4v) is 4.67. The van der Waals surface area contributed by atoms with Gasteiger partial charge in [-0.2, -0.15) is 0 Å². The fourth-order valence-electron chi connectivity index (χ4n) is 4.50. The van der Waals surface area contributed by atoms with Crippen molar-refractivity contribution in [2.75, 3.05) is 4.90 Å². The van der Waals surface area contributed by atoms with Crippen molar-refractivity contribution in [2.45, 2.75) is 32.4 Å². The zero-order chi connectivity index (χ0) is 23.3. The van der Waals surface area contributed by atoms with Crippen LogP contribution in [0.25, 0.3) is 5.76 Å². The SMILES string of the molecule is Cc1ccc(Cl)cc1N1C(=O)C(=O)/C(=C(\O)c2ccc3c(c2)CC(C)O3)C1c1cccnc1. The molecule has 2 aromatic carbocycles. The third-order valence-electron chi connectivity index (χ3n) is 6.04. The number of aliphatic hydroxyl groups is 1. The molecular formula is C26H21ClN2O4. The first-order chi connectivity index (χ1) is 15.8. The van der Waals surface area contributed by atoms with Crippen LogP contribution in [0.1, 0.15) is 35.2 Å². The lowest BCUT2D eigenvalue weighted by atomic mass is 9.95. The fraction of sp³-hybridized carbons (Fsp3) is 0.192. The highest BCUT2D eigenvalue weighted by Crippen LogP contribution is 2.44. The maximum Gasteiger partial charge on any atom is 0.300 e. The third kappa shape index (κ3) is 3.56. The highest BCUT2D eigenvalue weighted by Gasteiger charge is 2.47. The number of nitrogens with zero attached hydrogens (tertiary/aromatic N) is 2.